The molecule has 0 aromatic carbocycles. The molecule has 2 fully saturated rings. The molecule has 2 aliphatic rings. The first kappa shape index (κ1) is 12.8. The summed E-state index contributed by atoms with van der Waals surface area (Å²) in [6.45, 7) is 3.50. The SMILES string of the molecule is CC1CCOC1C(=O)NCC1(CO)CCCC1. The van der Waals surface area contributed by atoms with Crippen molar-refractivity contribution >= 4 is 5.91 Å². The molecule has 4 heteroatoms. The highest BCUT2D eigenvalue weighted by Crippen LogP contribution is 2.37. The van der Waals surface area contributed by atoms with Gasteiger partial charge >= 0.3 is 0 Å². The van der Waals surface area contributed by atoms with Crippen LogP contribution in [0.5, 0.6) is 0 Å². The predicted octanol–water partition coefficient (Wildman–Crippen LogP) is 1.08. The van der Waals surface area contributed by atoms with Gasteiger partial charge in [0.15, 0.2) is 0 Å². The molecule has 0 aromatic heterocycles. The van der Waals surface area contributed by atoms with E-state index in [4.69, 9.17) is 4.74 Å². The second-order valence-electron chi connectivity index (χ2n) is 5.64. The molecule has 2 unspecified atom stereocenters. The lowest BCUT2D eigenvalue weighted by Gasteiger charge is -2.27. The summed E-state index contributed by atoms with van der Waals surface area (Å²) in [5.41, 5.74) is -0.0719. The molecule has 2 N–H and O–H groups in total. The van der Waals surface area contributed by atoms with E-state index >= 15 is 0 Å². The molecule has 1 saturated heterocycles. The third-order valence-electron chi connectivity index (χ3n) is 4.28. The summed E-state index contributed by atoms with van der Waals surface area (Å²) in [5, 5.41) is 12.4. The molecule has 1 amide bonds. The number of nitrogens with one attached hydrogen (secondary N) is 1. The highest BCUT2D eigenvalue weighted by molar-refractivity contribution is 5.81. The van der Waals surface area contributed by atoms with Gasteiger partial charge in [-0.25, -0.2) is 0 Å². The van der Waals surface area contributed by atoms with Crippen molar-refractivity contribution in [2.75, 3.05) is 19.8 Å². The standard InChI is InChI=1S/C13H23NO3/c1-10-4-7-17-11(10)12(16)14-8-13(9-15)5-2-3-6-13/h10-11,15H,2-9H2,1H3,(H,14,16). The van der Waals surface area contributed by atoms with E-state index < -0.39 is 0 Å². The number of aliphatic hydroxyl groups excluding tert-OH is 1. The van der Waals surface area contributed by atoms with Crippen molar-refractivity contribution in [1.29, 1.82) is 0 Å². The summed E-state index contributed by atoms with van der Waals surface area (Å²) >= 11 is 0. The summed E-state index contributed by atoms with van der Waals surface area (Å²) in [7, 11) is 0. The lowest BCUT2D eigenvalue weighted by atomic mass is 9.87. The molecule has 98 valence electrons. The molecule has 17 heavy (non-hydrogen) atoms. The Morgan fingerprint density at radius 3 is 2.71 bits per heavy atom. The zero-order chi connectivity index (χ0) is 12.3. The van der Waals surface area contributed by atoms with Crippen molar-refractivity contribution in [1.82, 2.24) is 5.32 Å². The van der Waals surface area contributed by atoms with E-state index in [0.29, 0.717) is 19.1 Å². The third-order valence-corrected chi connectivity index (χ3v) is 4.28. The van der Waals surface area contributed by atoms with E-state index in [0.717, 1.165) is 32.1 Å². The topological polar surface area (TPSA) is 58.6 Å². The van der Waals surface area contributed by atoms with Crippen LogP contribution in [-0.2, 0) is 9.53 Å². The van der Waals surface area contributed by atoms with Crippen LogP contribution in [0.2, 0.25) is 0 Å². The average molecular weight is 241 g/mol. The first-order valence-corrected chi connectivity index (χ1v) is 6.67. The summed E-state index contributed by atoms with van der Waals surface area (Å²) in [5.74, 6) is 0.304. The maximum absolute atomic E-state index is 12.0. The van der Waals surface area contributed by atoms with Gasteiger partial charge in [0.05, 0.1) is 6.61 Å². The van der Waals surface area contributed by atoms with Gasteiger partial charge in [0.2, 0.25) is 5.91 Å². The third kappa shape index (κ3) is 2.80. The molecule has 0 bridgehead atoms. The molecule has 2 atom stereocenters. The quantitative estimate of drug-likeness (QED) is 0.774. The average Bonchev–Trinajstić information content (AvgIpc) is 2.95. The molecule has 1 heterocycles. The fraction of sp³-hybridized carbons (Fsp3) is 0.923. The van der Waals surface area contributed by atoms with Crippen molar-refractivity contribution in [2.24, 2.45) is 11.3 Å². The molecular weight excluding hydrogens is 218 g/mol. The molecule has 2 rings (SSSR count). The van der Waals surface area contributed by atoms with Crippen LogP contribution >= 0.6 is 0 Å². The molecule has 1 saturated carbocycles. The molecule has 0 aromatic rings. The maximum atomic E-state index is 12.0. The molecule has 4 nitrogen and oxygen atoms in total. The summed E-state index contributed by atoms with van der Waals surface area (Å²) in [6, 6.07) is 0. The first-order valence-electron chi connectivity index (χ1n) is 6.67. The van der Waals surface area contributed by atoms with Crippen LogP contribution in [0.4, 0.5) is 0 Å². The van der Waals surface area contributed by atoms with Gasteiger partial charge < -0.3 is 15.2 Å². The van der Waals surface area contributed by atoms with E-state index in [9.17, 15) is 9.90 Å². The Hall–Kier alpha value is -0.610. The van der Waals surface area contributed by atoms with E-state index in [1.807, 2.05) is 0 Å². The smallest absolute Gasteiger partial charge is 0.249 e. The van der Waals surface area contributed by atoms with Crippen molar-refractivity contribution in [3.63, 3.8) is 0 Å². The van der Waals surface area contributed by atoms with Gasteiger partial charge in [-0.2, -0.15) is 0 Å². The van der Waals surface area contributed by atoms with Gasteiger partial charge in [-0.1, -0.05) is 19.8 Å². The summed E-state index contributed by atoms with van der Waals surface area (Å²) < 4.78 is 5.43. The zero-order valence-electron chi connectivity index (χ0n) is 10.6. The fourth-order valence-corrected chi connectivity index (χ4v) is 2.92. The molecule has 1 aliphatic heterocycles. The van der Waals surface area contributed by atoms with Crippen LogP contribution in [0.1, 0.15) is 39.0 Å². The predicted molar refractivity (Wildman–Crippen MR) is 64.5 cm³/mol. The number of aliphatic hydroxyl groups is 1. The lowest BCUT2D eigenvalue weighted by Crippen LogP contribution is -2.44. The van der Waals surface area contributed by atoms with Gasteiger partial charge in [-0.05, 0) is 25.2 Å². The van der Waals surface area contributed by atoms with Crippen LogP contribution in [0.3, 0.4) is 0 Å². The monoisotopic (exact) mass is 241 g/mol. The number of hydrogen-bond donors (Lipinski definition) is 2. The number of amides is 1. The maximum Gasteiger partial charge on any atom is 0.249 e. The number of hydrogen-bond acceptors (Lipinski definition) is 3. The Morgan fingerprint density at radius 1 is 1.47 bits per heavy atom. The fourth-order valence-electron chi connectivity index (χ4n) is 2.92. The number of carbonyl (C=O) groups is 1. The summed E-state index contributed by atoms with van der Waals surface area (Å²) in [4.78, 5) is 12.0. The Kier molecular flexibility index (Phi) is 4.05. The van der Waals surface area contributed by atoms with Crippen LogP contribution in [0.25, 0.3) is 0 Å². The van der Waals surface area contributed by atoms with E-state index in [1.54, 1.807) is 0 Å². The normalized spacial score (nSPS) is 31.6. The van der Waals surface area contributed by atoms with Crippen LogP contribution in [0.15, 0.2) is 0 Å². The Balaban J connectivity index is 1.82. The molecular formula is C13H23NO3. The van der Waals surface area contributed by atoms with Gasteiger partial charge in [-0.3, -0.25) is 4.79 Å². The van der Waals surface area contributed by atoms with Crippen molar-refractivity contribution in [3.05, 3.63) is 0 Å². The van der Waals surface area contributed by atoms with Crippen molar-refractivity contribution in [2.45, 2.75) is 45.1 Å². The Bertz CT molecular complexity index is 274. The van der Waals surface area contributed by atoms with Gasteiger partial charge in [0, 0.05) is 18.6 Å². The Labute approximate surface area is 103 Å². The minimum absolute atomic E-state index is 0.00488. The van der Waals surface area contributed by atoms with Crippen LogP contribution < -0.4 is 5.32 Å². The van der Waals surface area contributed by atoms with Crippen LogP contribution in [-0.4, -0.2) is 36.9 Å². The highest BCUT2D eigenvalue weighted by atomic mass is 16.5. The van der Waals surface area contributed by atoms with Crippen LogP contribution in [0, 0.1) is 11.3 Å². The van der Waals surface area contributed by atoms with E-state index in [-0.39, 0.29) is 24.0 Å². The lowest BCUT2D eigenvalue weighted by molar-refractivity contribution is -0.132. The van der Waals surface area contributed by atoms with E-state index in [2.05, 4.69) is 12.2 Å². The Morgan fingerprint density at radius 2 is 2.18 bits per heavy atom. The van der Waals surface area contributed by atoms with E-state index in [1.165, 1.54) is 0 Å². The molecule has 0 spiro atoms. The van der Waals surface area contributed by atoms with Gasteiger partial charge in [0.1, 0.15) is 6.10 Å². The largest absolute Gasteiger partial charge is 0.396 e. The second-order valence-corrected chi connectivity index (χ2v) is 5.64. The number of carbonyl (C=O) groups excluding carboxylic acids is 1. The zero-order valence-corrected chi connectivity index (χ0v) is 10.6. The van der Waals surface area contributed by atoms with Gasteiger partial charge in [0.25, 0.3) is 0 Å². The minimum Gasteiger partial charge on any atom is -0.396 e. The first-order chi connectivity index (χ1) is 8.17. The second kappa shape index (κ2) is 5.36. The molecule has 1 aliphatic carbocycles. The highest BCUT2D eigenvalue weighted by Gasteiger charge is 2.36. The van der Waals surface area contributed by atoms with Crippen molar-refractivity contribution in [3.8, 4) is 0 Å². The molecule has 0 radical (unpaired) electrons. The summed E-state index contributed by atoms with van der Waals surface area (Å²) in [6.07, 6.45) is 5.03. The minimum atomic E-state index is -0.285. The number of rotatable bonds is 4. The number of ether oxygens (including phenoxy) is 1. The van der Waals surface area contributed by atoms with Gasteiger partial charge in [-0.15, -0.1) is 0 Å². The van der Waals surface area contributed by atoms with Crippen molar-refractivity contribution < 1.29 is 14.6 Å².